The van der Waals surface area contributed by atoms with E-state index in [0.717, 1.165) is 18.0 Å². The molecule has 3 aliphatic rings. The van der Waals surface area contributed by atoms with Crippen molar-refractivity contribution >= 4 is 0 Å². The number of hydrogen-bond donors (Lipinski definition) is 1. The lowest BCUT2D eigenvalue weighted by atomic mass is 9.87. The summed E-state index contributed by atoms with van der Waals surface area (Å²) < 4.78 is 0. The summed E-state index contributed by atoms with van der Waals surface area (Å²) in [6.45, 7) is 8.75. The van der Waals surface area contributed by atoms with Gasteiger partial charge in [-0.15, -0.1) is 0 Å². The fourth-order valence-electron chi connectivity index (χ4n) is 4.71. The third-order valence-corrected chi connectivity index (χ3v) is 6.35. The molecule has 3 rings (SSSR count). The maximum Gasteiger partial charge on any atom is 0.0261 e. The first-order valence-electron chi connectivity index (χ1n) is 9.57. The Labute approximate surface area is 137 Å². The average Bonchev–Trinajstić information content (AvgIpc) is 2.58. The highest BCUT2D eigenvalue weighted by Crippen LogP contribution is 2.27. The Morgan fingerprint density at radius 2 is 1.73 bits per heavy atom. The van der Waals surface area contributed by atoms with Gasteiger partial charge in [0, 0.05) is 51.4 Å². The average molecular weight is 309 g/mol. The summed E-state index contributed by atoms with van der Waals surface area (Å²) in [7, 11) is 4.66. The Balaban J connectivity index is 1.55. The highest BCUT2D eigenvalue weighted by atomic mass is 15.3. The lowest BCUT2D eigenvalue weighted by Crippen LogP contribution is -2.57. The Morgan fingerprint density at radius 1 is 1.00 bits per heavy atom. The van der Waals surface area contributed by atoms with Gasteiger partial charge in [0.05, 0.1) is 0 Å². The second kappa shape index (κ2) is 8.09. The highest BCUT2D eigenvalue weighted by Gasteiger charge is 2.33. The van der Waals surface area contributed by atoms with Crippen LogP contribution in [0, 0.1) is 5.92 Å². The first-order valence-corrected chi connectivity index (χ1v) is 9.57. The lowest BCUT2D eigenvalue weighted by Gasteiger charge is -2.45. The normalized spacial score (nSPS) is 33.4. The van der Waals surface area contributed by atoms with Crippen LogP contribution in [0.15, 0.2) is 0 Å². The topological polar surface area (TPSA) is 21.8 Å². The number of piperazine rings is 1. The molecular formula is C18H36N4. The van der Waals surface area contributed by atoms with Crippen LogP contribution in [0.25, 0.3) is 0 Å². The predicted octanol–water partition coefficient (Wildman–Crippen LogP) is 1.48. The molecule has 2 heterocycles. The minimum absolute atomic E-state index is 0.747. The zero-order valence-corrected chi connectivity index (χ0v) is 14.8. The van der Waals surface area contributed by atoms with Gasteiger partial charge in [-0.2, -0.15) is 0 Å². The molecule has 2 saturated heterocycles. The predicted molar refractivity (Wildman–Crippen MR) is 93.3 cm³/mol. The zero-order chi connectivity index (χ0) is 15.4. The Hall–Kier alpha value is -0.160. The van der Waals surface area contributed by atoms with E-state index >= 15 is 0 Å². The van der Waals surface area contributed by atoms with Crippen LogP contribution in [-0.2, 0) is 0 Å². The van der Waals surface area contributed by atoms with Crippen LogP contribution in [0.5, 0.6) is 0 Å². The van der Waals surface area contributed by atoms with Crippen LogP contribution >= 0.6 is 0 Å². The molecule has 0 aromatic heterocycles. The zero-order valence-electron chi connectivity index (χ0n) is 14.8. The summed E-state index contributed by atoms with van der Waals surface area (Å²) in [6, 6.07) is 1.59. The number of nitrogens with zero attached hydrogens (tertiary/aromatic N) is 3. The Bertz CT molecular complexity index is 321. The van der Waals surface area contributed by atoms with Crippen molar-refractivity contribution in [3.63, 3.8) is 0 Å². The van der Waals surface area contributed by atoms with Crippen molar-refractivity contribution in [2.45, 2.75) is 50.6 Å². The Kier molecular flexibility index (Phi) is 6.14. The minimum Gasteiger partial charge on any atom is -0.315 e. The molecule has 1 saturated carbocycles. The van der Waals surface area contributed by atoms with E-state index in [2.05, 4.69) is 34.1 Å². The van der Waals surface area contributed by atoms with Crippen LogP contribution < -0.4 is 5.32 Å². The van der Waals surface area contributed by atoms with Crippen molar-refractivity contribution in [2.24, 2.45) is 5.92 Å². The summed E-state index contributed by atoms with van der Waals surface area (Å²) in [4.78, 5) is 7.94. The molecule has 4 heteroatoms. The van der Waals surface area contributed by atoms with Gasteiger partial charge in [0.15, 0.2) is 0 Å². The van der Waals surface area contributed by atoms with E-state index < -0.39 is 0 Å². The summed E-state index contributed by atoms with van der Waals surface area (Å²) in [5.74, 6) is 0.858. The molecule has 0 amide bonds. The maximum absolute atomic E-state index is 3.66. The standard InChI is InChI=1S/C18H36N4/c1-20-10-12-22(13-11-20)15-16-8-9-19-14-18(16)21(2)17-6-4-3-5-7-17/h16-19H,3-15H2,1-2H3. The molecule has 2 atom stereocenters. The largest absolute Gasteiger partial charge is 0.315 e. The molecule has 0 radical (unpaired) electrons. The van der Waals surface area contributed by atoms with Gasteiger partial charge in [0.25, 0.3) is 0 Å². The quantitative estimate of drug-likeness (QED) is 0.849. The van der Waals surface area contributed by atoms with E-state index in [1.54, 1.807) is 0 Å². The second-order valence-corrected chi connectivity index (χ2v) is 7.88. The molecule has 0 spiro atoms. The Morgan fingerprint density at radius 3 is 2.45 bits per heavy atom. The van der Waals surface area contributed by atoms with Crippen LogP contribution in [0.1, 0.15) is 38.5 Å². The molecule has 0 aromatic carbocycles. The van der Waals surface area contributed by atoms with Gasteiger partial charge in [0.1, 0.15) is 0 Å². The third-order valence-electron chi connectivity index (χ3n) is 6.35. The summed E-state index contributed by atoms with van der Waals surface area (Å²) in [5.41, 5.74) is 0. The molecule has 2 aliphatic heterocycles. The van der Waals surface area contributed by atoms with Crippen molar-refractivity contribution in [1.29, 1.82) is 0 Å². The van der Waals surface area contributed by atoms with Gasteiger partial charge in [-0.25, -0.2) is 0 Å². The molecule has 22 heavy (non-hydrogen) atoms. The van der Waals surface area contributed by atoms with Gasteiger partial charge >= 0.3 is 0 Å². The first kappa shape index (κ1) is 16.7. The monoisotopic (exact) mass is 308 g/mol. The van der Waals surface area contributed by atoms with Crippen LogP contribution in [-0.4, -0.2) is 86.7 Å². The van der Waals surface area contributed by atoms with Crippen molar-refractivity contribution in [2.75, 3.05) is 59.9 Å². The van der Waals surface area contributed by atoms with E-state index in [4.69, 9.17) is 0 Å². The minimum atomic E-state index is 0.747. The SMILES string of the molecule is CN1CCN(CC2CCNCC2N(C)C2CCCCC2)CC1. The van der Waals surface area contributed by atoms with E-state index in [0.29, 0.717) is 0 Å². The van der Waals surface area contributed by atoms with Crippen LogP contribution in [0.3, 0.4) is 0 Å². The van der Waals surface area contributed by atoms with Crippen LogP contribution in [0.4, 0.5) is 0 Å². The number of nitrogens with one attached hydrogen (secondary N) is 1. The second-order valence-electron chi connectivity index (χ2n) is 7.88. The summed E-state index contributed by atoms with van der Waals surface area (Å²) in [5, 5.41) is 3.66. The number of hydrogen-bond acceptors (Lipinski definition) is 4. The van der Waals surface area contributed by atoms with Gasteiger partial charge in [-0.05, 0) is 45.8 Å². The van der Waals surface area contributed by atoms with Gasteiger partial charge in [-0.1, -0.05) is 19.3 Å². The van der Waals surface area contributed by atoms with Gasteiger partial charge in [0.2, 0.25) is 0 Å². The molecule has 1 aliphatic carbocycles. The van der Waals surface area contributed by atoms with E-state index in [9.17, 15) is 0 Å². The number of rotatable bonds is 4. The van der Waals surface area contributed by atoms with Gasteiger partial charge in [-0.3, -0.25) is 4.90 Å². The molecule has 128 valence electrons. The maximum atomic E-state index is 3.66. The van der Waals surface area contributed by atoms with Crippen LogP contribution in [0.2, 0.25) is 0 Å². The van der Waals surface area contributed by atoms with Crippen molar-refractivity contribution in [3.8, 4) is 0 Å². The number of likely N-dealkylation sites (N-methyl/N-ethyl adjacent to an activating group) is 2. The van der Waals surface area contributed by atoms with Crippen molar-refractivity contribution < 1.29 is 0 Å². The molecule has 0 bridgehead atoms. The molecule has 2 unspecified atom stereocenters. The molecule has 3 fully saturated rings. The summed E-state index contributed by atoms with van der Waals surface area (Å²) in [6.07, 6.45) is 8.55. The van der Waals surface area contributed by atoms with E-state index in [-0.39, 0.29) is 0 Å². The molecule has 4 nitrogen and oxygen atoms in total. The molecule has 1 N–H and O–H groups in total. The fourth-order valence-corrected chi connectivity index (χ4v) is 4.71. The van der Waals surface area contributed by atoms with E-state index in [1.807, 2.05) is 0 Å². The smallest absolute Gasteiger partial charge is 0.0261 e. The number of piperidine rings is 1. The van der Waals surface area contributed by atoms with Gasteiger partial charge < -0.3 is 15.1 Å². The summed E-state index contributed by atoms with van der Waals surface area (Å²) >= 11 is 0. The van der Waals surface area contributed by atoms with Crippen molar-refractivity contribution in [1.82, 2.24) is 20.0 Å². The first-order chi connectivity index (χ1) is 10.7. The lowest BCUT2D eigenvalue weighted by molar-refractivity contribution is 0.0497. The third kappa shape index (κ3) is 4.22. The fraction of sp³-hybridized carbons (Fsp3) is 1.00. The van der Waals surface area contributed by atoms with Crippen molar-refractivity contribution in [3.05, 3.63) is 0 Å². The molecule has 0 aromatic rings. The highest BCUT2D eigenvalue weighted by molar-refractivity contribution is 4.90. The molecular weight excluding hydrogens is 272 g/mol. The van der Waals surface area contributed by atoms with E-state index in [1.165, 1.54) is 84.3 Å².